The van der Waals surface area contributed by atoms with Crippen LogP contribution < -0.4 is 9.64 Å². The van der Waals surface area contributed by atoms with Crippen LogP contribution in [0.4, 0.5) is 10.1 Å². The zero-order valence-electron chi connectivity index (χ0n) is 14.2. The SMILES string of the molecule is CCN1C[C@@H](CN(C)C(=O)c2ccc(Cl)cc2F)Oc2ccccc21. The summed E-state index contributed by atoms with van der Waals surface area (Å²) in [6.07, 6.45) is -0.181. The maximum Gasteiger partial charge on any atom is 0.256 e. The van der Waals surface area contributed by atoms with Gasteiger partial charge in [-0.3, -0.25) is 4.79 Å². The van der Waals surface area contributed by atoms with E-state index in [1.54, 1.807) is 7.05 Å². The molecule has 1 aliphatic heterocycles. The molecule has 4 nitrogen and oxygen atoms in total. The zero-order chi connectivity index (χ0) is 18.0. The number of ether oxygens (including phenoxy) is 1. The Morgan fingerprint density at radius 2 is 2.12 bits per heavy atom. The maximum absolute atomic E-state index is 14.0. The van der Waals surface area contributed by atoms with Crippen molar-refractivity contribution in [2.24, 2.45) is 0 Å². The van der Waals surface area contributed by atoms with Crippen LogP contribution in [0.2, 0.25) is 5.02 Å². The Morgan fingerprint density at radius 3 is 2.84 bits per heavy atom. The summed E-state index contributed by atoms with van der Waals surface area (Å²) in [5, 5.41) is 0.266. The Hall–Kier alpha value is -2.27. The molecule has 1 aliphatic rings. The number of carbonyl (C=O) groups is 1. The highest BCUT2D eigenvalue weighted by atomic mass is 35.5. The molecule has 132 valence electrons. The van der Waals surface area contributed by atoms with Crippen LogP contribution in [0.3, 0.4) is 0 Å². The quantitative estimate of drug-likeness (QED) is 0.828. The number of amides is 1. The van der Waals surface area contributed by atoms with Gasteiger partial charge < -0.3 is 14.5 Å². The summed E-state index contributed by atoms with van der Waals surface area (Å²) in [6.45, 7) is 3.97. The van der Waals surface area contributed by atoms with Crippen LogP contribution in [0.15, 0.2) is 42.5 Å². The van der Waals surface area contributed by atoms with Crippen molar-refractivity contribution in [1.82, 2.24) is 4.90 Å². The number of anilines is 1. The van der Waals surface area contributed by atoms with E-state index in [-0.39, 0.29) is 22.6 Å². The van der Waals surface area contributed by atoms with E-state index in [2.05, 4.69) is 11.8 Å². The molecule has 25 heavy (non-hydrogen) atoms. The summed E-state index contributed by atoms with van der Waals surface area (Å²) in [4.78, 5) is 16.2. The van der Waals surface area contributed by atoms with Crippen molar-refractivity contribution in [3.8, 4) is 5.75 Å². The second-order valence-electron chi connectivity index (χ2n) is 6.06. The van der Waals surface area contributed by atoms with Gasteiger partial charge in [-0.2, -0.15) is 0 Å². The smallest absolute Gasteiger partial charge is 0.256 e. The Labute approximate surface area is 151 Å². The largest absolute Gasteiger partial charge is 0.485 e. The predicted molar refractivity (Wildman–Crippen MR) is 97.1 cm³/mol. The van der Waals surface area contributed by atoms with E-state index in [9.17, 15) is 9.18 Å². The van der Waals surface area contributed by atoms with Crippen molar-refractivity contribution < 1.29 is 13.9 Å². The van der Waals surface area contributed by atoms with Crippen molar-refractivity contribution in [2.75, 3.05) is 31.6 Å². The lowest BCUT2D eigenvalue weighted by Crippen LogP contribution is -2.46. The summed E-state index contributed by atoms with van der Waals surface area (Å²) in [5.74, 6) is -0.201. The van der Waals surface area contributed by atoms with E-state index in [4.69, 9.17) is 16.3 Å². The Morgan fingerprint density at radius 1 is 1.36 bits per heavy atom. The Balaban J connectivity index is 1.73. The molecule has 0 unspecified atom stereocenters. The molecule has 2 aromatic rings. The first-order valence-corrected chi connectivity index (χ1v) is 8.58. The molecule has 0 saturated carbocycles. The molecule has 0 aliphatic carbocycles. The van der Waals surface area contributed by atoms with Gasteiger partial charge in [0.1, 0.15) is 17.7 Å². The number of para-hydroxylation sites is 2. The molecule has 0 radical (unpaired) electrons. The number of rotatable bonds is 4. The summed E-state index contributed by atoms with van der Waals surface area (Å²) >= 11 is 5.75. The number of nitrogens with zero attached hydrogens (tertiary/aromatic N) is 2. The number of hydrogen-bond donors (Lipinski definition) is 0. The van der Waals surface area contributed by atoms with Crippen LogP contribution in [-0.2, 0) is 0 Å². The van der Waals surface area contributed by atoms with Crippen LogP contribution in [0, 0.1) is 5.82 Å². The van der Waals surface area contributed by atoms with E-state index in [0.29, 0.717) is 13.1 Å². The van der Waals surface area contributed by atoms with Gasteiger partial charge in [0.25, 0.3) is 5.91 Å². The molecule has 0 fully saturated rings. The minimum Gasteiger partial charge on any atom is -0.485 e. The van der Waals surface area contributed by atoms with Crippen LogP contribution in [-0.4, -0.2) is 43.6 Å². The van der Waals surface area contributed by atoms with Gasteiger partial charge in [-0.1, -0.05) is 23.7 Å². The third-order valence-electron chi connectivity index (χ3n) is 4.29. The van der Waals surface area contributed by atoms with Crippen LogP contribution in [0.1, 0.15) is 17.3 Å². The number of hydrogen-bond acceptors (Lipinski definition) is 3. The van der Waals surface area contributed by atoms with Crippen LogP contribution >= 0.6 is 11.6 Å². The van der Waals surface area contributed by atoms with Gasteiger partial charge >= 0.3 is 0 Å². The summed E-state index contributed by atoms with van der Waals surface area (Å²) in [6, 6.07) is 11.9. The van der Waals surface area contributed by atoms with E-state index in [1.807, 2.05) is 24.3 Å². The maximum atomic E-state index is 14.0. The molecule has 0 aromatic heterocycles. The van der Waals surface area contributed by atoms with Gasteiger partial charge in [-0.25, -0.2) is 4.39 Å². The minimum atomic E-state index is -0.616. The molecular formula is C19H20ClFN2O2. The second kappa shape index (κ2) is 7.31. The Kier molecular flexibility index (Phi) is 5.13. The molecule has 6 heteroatoms. The molecule has 0 N–H and O–H groups in total. The minimum absolute atomic E-state index is 0.00968. The third-order valence-corrected chi connectivity index (χ3v) is 4.53. The summed E-state index contributed by atoms with van der Waals surface area (Å²) < 4.78 is 20.0. The highest BCUT2D eigenvalue weighted by molar-refractivity contribution is 6.30. The third kappa shape index (κ3) is 3.71. The highest BCUT2D eigenvalue weighted by Crippen LogP contribution is 2.33. The van der Waals surface area contributed by atoms with Gasteiger partial charge in [-0.15, -0.1) is 0 Å². The topological polar surface area (TPSA) is 32.8 Å². The zero-order valence-corrected chi connectivity index (χ0v) is 15.0. The van der Waals surface area contributed by atoms with Gasteiger partial charge in [0.05, 0.1) is 24.3 Å². The molecule has 0 spiro atoms. The number of halogens is 2. The van der Waals surface area contributed by atoms with Gasteiger partial charge in [0.2, 0.25) is 0 Å². The van der Waals surface area contributed by atoms with Crippen LogP contribution in [0.5, 0.6) is 5.75 Å². The first-order valence-electron chi connectivity index (χ1n) is 8.20. The van der Waals surface area contributed by atoms with Crippen molar-refractivity contribution in [2.45, 2.75) is 13.0 Å². The average molecular weight is 363 g/mol. The molecule has 1 atom stereocenters. The number of likely N-dealkylation sites (N-methyl/N-ethyl adjacent to an activating group) is 2. The van der Waals surface area contributed by atoms with E-state index in [1.165, 1.54) is 17.0 Å². The highest BCUT2D eigenvalue weighted by Gasteiger charge is 2.27. The van der Waals surface area contributed by atoms with Crippen molar-refractivity contribution in [3.63, 3.8) is 0 Å². The standard InChI is InChI=1S/C19H20ClFN2O2/c1-3-23-12-14(25-18-7-5-4-6-17(18)23)11-22(2)19(24)15-9-8-13(20)10-16(15)21/h4-10,14H,3,11-12H2,1-2H3/t14-/m1/s1. The fraction of sp³-hybridized carbons (Fsp3) is 0.316. The normalized spacial score (nSPS) is 16.2. The summed E-state index contributed by atoms with van der Waals surface area (Å²) in [5.41, 5.74) is 1.06. The monoisotopic (exact) mass is 362 g/mol. The van der Waals surface area contributed by atoms with E-state index in [0.717, 1.165) is 24.0 Å². The van der Waals surface area contributed by atoms with Crippen LogP contribution in [0.25, 0.3) is 0 Å². The number of benzene rings is 2. The van der Waals surface area contributed by atoms with E-state index >= 15 is 0 Å². The lowest BCUT2D eigenvalue weighted by Gasteiger charge is -2.37. The Bertz CT molecular complexity index is 784. The van der Waals surface area contributed by atoms with E-state index < -0.39 is 5.82 Å². The van der Waals surface area contributed by atoms with Crippen molar-refractivity contribution >= 4 is 23.2 Å². The number of fused-ring (bicyclic) bond motifs is 1. The fourth-order valence-corrected chi connectivity index (χ4v) is 3.19. The van der Waals surface area contributed by atoms with Crippen molar-refractivity contribution in [3.05, 3.63) is 58.9 Å². The molecule has 0 bridgehead atoms. The van der Waals surface area contributed by atoms with Gasteiger partial charge in [0.15, 0.2) is 0 Å². The van der Waals surface area contributed by atoms with Gasteiger partial charge in [-0.05, 0) is 37.3 Å². The molecular weight excluding hydrogens is 343 g/mol. The predicted octanol–water partition coefficient (Wildman–Crippen LogP) is 3.84. The second-order valence-corrected chi connectivity index (χ2v) is 6.49. The fourth-order valence-electron chi connectivity index (χ4n) is 3.03. The first-order chi connectivity index (χ1) is 12.0. The lowest BCUT2D eigenvalue weighted by molar-refractivity contribution is 0.0705. The molecule has 1 heterocycles. The molecule has 2 aromatic carbocycles. The molecule has 1 amide bonds. The number of carbonyl (C=O) groups excluding carboxylic acids is 1. The molecule has 3 rings (SSSR count). The van der Waals surface area contributed by atoms with Crippen molar-refractivity contribution in [1.29, 1.82) is 0 Å². The summed E-state index contributed by atoms with van der Waals surface area (Å²) in [7, 11) is 1.65. The lowest BCUT2D eigenvalue weighted by atomic mass is 10.1. The van der Waals surface area contributed by atoms with Gasteiger partial charge in [0, 0.05) is 18.6 Å². The average Bonchev–Trinajstić information content (AvgIpc) is 2.60. The molecule has 0 saturated heterocycles. The first kappa shape index (κ1) is 17.5.